The number of aromatic nitrogens is 2. The maximum atomic E-state index is 4.35. The summed E-state index contributed by atoms with van der Waals surface area (Å²) in [5, 5.41) is 3.37. The van der Waals surface area contributed by atoms with E-state index in [0.29, 0.717) is 0 Å². The fraction of sp³-hybridized carbons (Fsp3) is 0.357. The number of unbranched alkanes of at least 4 members (excludes halogenated alkanes) is 1. The van der Waals surface area contributed by atoms with Crippen LogP contribution in [-0.2, 0) is 6.54 Å². The number of nitrogens with one attached hydrogen (secondary N) is 1. The van der Waals surface area contributed by atoms with Gasteiger partial charge in [0, 0.05) is 23.4 Å². The molecule has 18 heavy (non-hydrogen) atoms. The second kappa shape index (κ2) is 6.59. The van der Waals surface area contributed by atoms with Gasteiger partial charge in [-0.05, 0) is 18.1 Å². The zero-order chi connectivity index (χ0) is 12.8. The molecule has 0 aliphatic carbocycles. The second-order valence-electron chi connectivity index (χ2n) is 4.25. The molecule has 0 saturated carbocycles. The molecule has 2 rings (SSSR count). The molecular formula is C14H18BrN3. The molecule has 3 nitrogen and oxygen atoms in total. The number of imidazole rings is 1. The van der Waals surface area contributed by atoms with Crippen molar-refractivity contribution >= 4 is 21.9 Å². The summed E-state index contributed by atoms with van der Waals surface area (Å²) in [7, 11) is 0. The van der Waals surface area contributed by atoms with Gasteiger partial charge in [-0.2, -0.15) is 0 Å². The Balaban J connectivity index is 2.05. The lowest BCUT2D eigenvalue weighted by atomic mass is 10.2. The van der Waals surface area contributed by atoms with Gasteiger partial charge in [0.25, 0.3) is 0 Å². The van der Waals surface area contributed by atoms with Crippen molar-refractivity contribution in [2.45, 2.75) is 26.3 Å². The van der Waals surface area contributed by atoms with Crippen LogP contribution in [0.25, 0.3) is 0 Å². The molecule has 1 N–H and O–H groups in total. The average molecular weight is 308 g/mol. The number of halogens is 1. The molecule has 0 atom stereocenters. The topological polar surface area (TPSA) is 29.9 Å². The summed E-state index contributed by atoms with van der Waals surface area (Å²) < 4.78 is 3.27. The van der Waals surface area contributed by atoms with Gasteiger partial charge >= 0.3 is 0 Å². The van der Waals surface area contributed by atoms with E-state index in [4.69, 9.17) is 0 Å². The zero-order valence-electron chi connectivity index (χ0n) is 10.6. The van der Waals surface area contributed by atoms with Gasteiger partial charge in [-0.15, -0.1) is 0 Å². The third-order valence-corrected chi connectivity index (χ3v) is 3.60. The minimum atomic E-state index is 0.829. The number of anilines is 1. The van der Waals surface area contributed by atoms with Crippen LogP contribution in [0.3, 0.4) is 0 Å². The van der Waals surface area contributed by atoms with Crippen molar-refractivity contribution in [3.8, 4) is 0 Å². The molecule has 0 saturated heterocycles. The number of hydrogen-bond donors (Lipinski definition) is 1. The molecule has 0 radical (unpaired) electrons. The Morgan fingerprint density at radius 1 is 1.33 bits per heavy atom. The molecule has 0 aliphatic heterocycles. The van der Waals surface area contributed by atoms with E-state index in [1.54, 1.807) is 0 Å². The zero-order valence-corrected chi connectivity index (χ0v) is 12.2. The first-order chi connectivity index (χ1) is 8.81. The van der Waals surface area contributed by atoms with Crippen molar-refractivity contribution in [3.05, 3.63) is 46.7 Å². The molecule has 1 aromatic heterocycles. The molecule has 0 spiro atoms. The summed E-state index contributed by atoms with van der Waals surface area (Å²) in [6, 6.07) is 8.28. The fourth-order valence-electron chi connectivity index (χ4n) is 1.79. The maximum absolute atomic E-state index is 4.35. The van der Waals surface area contributed by atoms with Crippen molar-refractivity contribution in [2.75, 3.05) is 11.9 Å². The lowest BCUT2D eigenvalue weighted by Crippen LogP contribution is -2.09. The third kappa shape index (κ3) is 3.35. The van der Waals surface area contributed by atoms with E-state index in [9.17, 15) is 0 Å². The number of benzene rings is 1. The van der Waals surface area contributed by atoms with E-state index < -0.39 is 0 Å². The van der Waals surface area contributed by atoms with Crippen LogP contribution in [-0.4, -0.2) is 16.1 Å². The number of rotatable bonds is 6. The van der Waals surface area contributed by atoms with Gasteiger partial charge in [-0.25, -0.2) is 4.98 Å². The van der Waals surface area contributed by atoms with Crippen LogP contribution < -0.4 is 5.32 Å². The van der Waals surface area contributed by atoms with Crippen LogP contribution in [0.1, 0.15) is 25.3 Å². The Bertz CT molecular complexity index is 493. The van der Waals surface area contributed by atoms with Gasteiger partial charge in [0.05, 0.1) is 6.54 Å². The van der Waals surface area contributed by atoms with Crippen molar-refractivity contribution < 1.29 is 0 Å². The van der Waals surface area contributed by atoms with Crippen molar-refractivity contribution in [2.24, 2.45) is 0 Å². The maximum Gasteiger partial charge on any atom is 0.203 e. The first-order valence-corrected chi connectivity index (χ1v) is 7.09. The van der Waals surface area contributed by atoms with Gasteiger partial charge in [0.2, 0.25) is 5.95 Å². The van der Waals surface area contributed by atoms with Crippen LogP contribution in [0, 0.1) is 0 Å². The van der Waals surface area contributed by atoms with Crippen molar-refractivity contribution in [1.29, 1.82) is 0 Å². The van der Waals surface area contributed by atoms with Gasteiger partial charge in [0.1, 0.15) is 0 Å². The SMILES string of the molecule is CCCCNc1nccn1Cc1ccccc1Br. The summed E-state index contributed by atoms with van der Waals surface area (Å²) in [6.07, 6.45) is 6.21. The summed E-state index contributed by atoms with van der Waals surface area (Å²) in [5.41, 5.74) is 1.26. The molecule has 1 heterocycles. The monoisotopic (exact) mass is 307 g/mol. The summed E-state index contributed by atoms with van der Waals surface area (Å²) in [6.45, 7) is 3.99. The molecular weight excluding hydrogens is 290 g/mol. The number of nitrogens with zero attached hydrogens (tertiary/aromatic N) is 2. The van der Waals surface area contributed by atoms with E-state index >= 15 is 0 Å². The summed E-state index contributed by atoms with van der Waals surface area (Å²) >= 11 is 3.58. The largest absolute Gasteiger partial charge is 0.356 e. The van der Waals surface area contributed by atoms with Crippen LogP contribution in [0.4, 0.5) is 5.95 Å². The third-order valence-electron chi connectivity index (χ3n) is 2.83. The lowest BCUT2D eigenvalue weighted by molar-refractivity contribution is 0.773. The van der Waals surface area contributed by atoms with Crippen molar-refractivity contribution in [1.82, 2.24) is 9.55 Å². The summed E-state index contributed by atoms with van der Waals surface area (Å²) in [4.78, 5) is 4.35. The Morgan fingerprint density at radius 3 is 2.94 bits per heavy atom. The smallest absolute Gasteiger partial charge is 0.203 e. The van der Waals surface area contributed by atoms with Crippen LogP contribution in [0.2, 0.25) is 0 Å². The molecule has 4 heteroatoms. The Labute approximate surface area is 116 Å². The fourth-order valence-corrected chi connectivity index (χ4v) is 2.20. The lowest BCUT2D eigenvalue weighted by Gasteiger charge is -2.10. The quantitative estimate of drug-likeness (QED) is 0.820. The van der Waals surface area contributed by atoms with Gasteiger partial charge in [-0.3, -0.25) is 0 Å². The van der Waals surface area contributed by atoms with E-state index in [2.05, 4.69) is 55.9 Å². The Morgan fingerprint density at radius 2 is 2.17 bits per heavy atom. The van der Waals surface area contributed by atoms with Crippen LogP contribution >= 0.6 is 15.9 Å². The van der Waals surface area contributed by atoms with Gasteiger partial charge < -0.3 is 9.88 Å². The normalized spacial score (nSPS) is 10.6. The molecule has 0 fully saturated rings. The van der Waals surface area contributed by atoms with E-state index in [-0.39, 0.29) is 0 Å². The molecule has 96 valence electrons. The predicted molar refractivity (Wildman–Crippen MR) is 78.9 cm³/mol. The molecule has 2 aromatic rings. The van der Waals surface area contributed by atoms with Crippen molar-refractivity contribution in [3.63, 3.8) is 0 Å². The van der Waals surface area contributed by atoms with E-state index in [0.717, 1.165) is 23.5 Å². The highest BCUT2D eigenvalue weighted by atomic mass is 79.9. The predicted octanol–water partition coefficient (Wildman–Crippen LogP) is 3.91. The molecule has 0 unspecified atom stereocenters. The highest BCUT2D eigenvalue weighted by Crippen LogP contribution is 2.18. The highest BCUT2D eigenvalue weighted by molar-refractivity contribution is 9.10. The molecule has 0 aliphatic rings. The minimum Gasteiger partial charge on any atom is -0.356 e. The molecule has 1 aromatic carbocycles. The first kappa shape index (κ1) is 13.1. The molecule has 0 amide bonds. The average Bonchev–Trinajstić information content (AvgIpc) is 2.80. The second-order valence-corrected chi connectivity index (χ2v) is 5.10. The Kier molecular flexibility index (Phi) is 4.81. The molecule has 0 bridgehead atoms. The first-order valence-electron chi connectivity index (χ1n) is 6.29. The van der Waals surface area contributed by atoms with Gasteiger partial charge in [0.15, 0.2) is 0 Å². The standard InChI is InChI=1S/C14H18BrN3/c1-2-3-8-16-14-17-9-10-18(14)11-12-6-4-5-7-13(12)15/h4-7,9-10H,2-3,8,11H2,1H3,(H,16,17). The minimum absolute atomic E-state index is 0.829. The highest BCUT2D eigenvalue weighted by Gasteiger charge is 2.04. The summed E-state index contributed by atoms with van der Waals surface area (Å²) in [5.74, 6) is 0.944. The number of hydrogen-bond acceptors (Lipinski definition) is 2. The Hall–Kier alpha value is -1.29. The van der Waals surface area contributed by atoms with Gasteiger partial charge in [-0.1, -0.05) is 47.5 Å². The van der Waals surface area contributed by atoms with E-state index in [1.807, 2.05) is 18.5 Å². The van der Waals surface area contributed by atoms with E-state index in [1.165, 1.54) is 18.4 Å². The van der Waals surface area contributed by atoms with Crippen LogP contribution in [0.5, 0.6) is 0 Å². The van der Waals surface area contributed by atoms with Crippen LogP contribution in [0.15, 0.2) is 41.1 Å².